The highest BCUT2D eigenvalue weighted by Gasteiger charge is 2.19. The summed E-state index contributed by atoms with van der Waals surface area (Å²) in [6.45, 7) is 4.49. The van der Waals surface area contributed by atoms with Crippen LogP contribution in [0.5, 0.6) is 0 Å². The van der Waals surface area contributed by atoms with E-state index in [2.05, 4.69) is 10.6 Å². The highest BCUT2D eigenvalue weighted by atomic mass is 16.5. The number of ether oxygens (including phenoxy) is 1. The van der Waals surface area contributed by atoms with Crippen molar-refractivity contribution in [3.63, 3.8) is 0 Å². The van der Waals surface area contributed by atoms with Crippen LogP contribution in [-0.2, 0) is 22.6 Å². The second-order valence-corrected chi connectivity index (χ2v) is 7.26. The molecular weight excluding hydrogens is 372 g/mol. The second-order valence-electron chi connectivity index (χ2n) is 7.26. The molecule has 8 heteroatoms. The van der Waals surface area contributed by atoms with Crippen molar-refractivity contribution >= 4 is 23.3 Å². The Hall–Kier alpha value is -3.00. The molecule has 0 spiro atoms. The average molecular weight is 402 g/mol. The van der Waals surface area contributed by atoms with E-state index in [0.717, 1.165) is 11.3 Å². The van der Waals surface area contributed by atoms with Gasteiger partial charge in [-0.15, -0.1) is 0 Å². The molecule has 0 saturated carbocycles. The molecule has 8 nitrogen and oxygen atoms in total. The van der Waals surface area contributed by atoms with Gasteiger partial charge in [0.2, 0.25) is 5.91 Å². The van der Waals surface area contributed by atoms with E-state index in [9.17, 15) is 9.59 Å². The van der Waals surface area contributed by atoms with Gasteiger partial charge in [-0.2, -0.15) is 0 Å². The standard InChI is InChI=1S/C21H30N4O4/c1-15(2)22-21(27)25(13-18-7-6-10-29-18)12-16-11-17(23-20(26)14-28-5)8-9-19(16)24(3)4/h6-11,15H,12-14H2,1-5H3,(H,22,27)(H,23,26). The van der Waals surface area contributed by atoms with E-state index in [1.54, 1.807) is 17.2 Å². The van der Waals surface area contributed by atoms with Crippen molar-refractivity contribution in [1.82, 2.24) is 10.2 Å². The zero-order chi connectivity index (χ0) is 21.4. The van der Waals surface area contributed by atoms with E-state index in [0.29, 0.717) is 24.5 Å². The number of furan rings is 1. The first-order valence-corrected chi connectivity index (χ1v) is 9.47. The number of hydrogen-bond donors (Lipinski definition) is 2. The molecule has 0 aliphatic heterocycles. The molecule has 1 aromatic heterocycles. The Bertz CT molecular complexity index is 803. The van der Waals surface area contributed by atoms with Gasteiger partial charge in [0.05, 0.1) is 19.4 Å². The number of amides is 3. The summed E-state index contributed by atoms with van der Waals surface area (Å²) in [7, 11) is 5.35. The van der Waals surface area contributed by atoms with E-state index in [1.165, 1.54) is 7.11 Å². The highest BCUT2D eigenvalue weighted by Crippen LogP contribution is 2.25. The number of rotatable bonds is 9. The number of methoxy groups -OCH3 is 1. The Morgan fingerprint density at radius 1 is 1.17 bits per heavy atom. The third-order valence-corrected chi connectivity index (χ3v) is 4.11. The zero-order valence-electron chi connectivity index (χ0n) is 17.7. The molecule has 2 aromatic rings. The molecule has 158 valence electrons. The van der Waals surface area contributed by atoms with Crippen LogP contribution in [0.3, 0.4) is 0 Å². The maximum Gasteiger partial charge on any atom is 0.318 e. The van der Waals surface area contributed by atoms with Gasteiger partial charge in [-0.3, -0.25) is 4.79 Å². The summed E-state index contributed by atoms with van der Waals surface area (Å²) in [5.74, 6) is 0.459. The topological polar surface area (TPSA) is 87.1 Å². The molecule has 2 rings (SSSR count). The molecule has 1 heterocycles. The first-order chi connectivity index (χ1) is 13.8. The number of nitrogens with zero attached hydrogens (tertiary/aromatic N) is 2. The minimum absolute atomic E-state index is 0.00888. The summed E-state index contributed by atoms with van der Waals surface area (Å²) < 4.78 is 10.3. The van der Waals surface area contributed by atoms with Crippen molar-refractivity contribution in [2.45, 2.75) is 33.0 Å². The molecule has 29 heavy (non-hydrogen) atoms. The second kappa shape index (κ2) is 10.5. The van der Waals surface area contributed by atoms with Gasteiger partial charge >= 0.3 is 6.03 Å². The summed E-state index contributed by atoms with van der Waals surface area (Å²) in [6, 6.07) is 9.08. The van der Waals surface area contributed by atoms with Gasteiger partial charge < -0.3 is 29.6 Å². The molecule has 1 aromatic carbocycles. The van der Waals surface area contributed by atoms with Gasteiger partial charge in [0.25, 0.3) is 0 Å². The lowest BCUT2D eigenvalue weighted by atomic mass is 10.1. The van der Waals surface area contributed by atoms with Gasteiger partial charge in [0, 0.05) is 38.6 Å². The third kappa shape index (κ3) is 6.83. The van der Waals surface area contributed by atoms with Crippen LogP contribution < -0.4 is 15.5 Å². The smallest absolute Gasteiger partial charge is 0.318 e. The molecule has 0 aliphatic rings. The number of carbonyl (C=O) groups is 2. The fourth-order valence-electron chi connectivity index (χ4n) is 2.89. The van der Waals surface area contributed by atoms with Gasteiger partial charge in [0.1, 0.15) is 12.4 Å². The minimum atomic E-state index is -0.235. The molecule has 2 N–H and O–H groups in total. The lowest BCUT2D eigenvalue weighted by Gasteiger charge is -2.26. The summed E-state index contributed by atoms with van der Waals surface area (Å²) in [4.78, 5) is 28.3. The SMILES string of the molecule is COCC(=O)Nc1ccc(N(C)C)c(CN(Cc2ccco2)C(=O)NC(C)C)c1. The van der Waals surface area contributed by atoms with E-state index < -0.39 is 0 Å². The maximum absolute atomic E-state index is 12.8. The van der Waals surface area contributed by atoms with Crippen LogP contribution in [0.4, 0.5) is 16.2 Å². The molecule has 0 unspecified atom stereocenters. The molecule has 0 saturated heterocycles. The fraction of sp³-hybridized carbons (Fsp3) is 0.429. The van der Waals surface area contributed by atoms with Gasteiger partial charge in [-0.05, 0) is 49.7 Å². The Morgan fingerprint density at radius 3 is 2.52 bits per heavy atom. The van der Waals surface area contributed by atoms with E-state index in [1.807, 2.05) is 57.1 Å². The van der Waals surface area contributed by atoms with Crippen LogP contribution in [0, 0.1) is 0 Å². The lowest BCUT2D eigenvalue weighted by molar-refractivity contribution is -0.119. The fourth-order valence-corrected chi connectivity index (χ4v) is 2.89. The Balaban J connectivity index is 2.30. The number of benzene rings is 1. The summed E-state index contributed by atoms with van der Waals surface area (Å²) in [5, 5.41) is 5.74. The maximum atomic E-state index is 12.8. The summed E-state index contributed by atoms with van der Waals surface area (Å²) in [5.41, 5.74) is 2.50. The summed E-state index contributed by atoms with van der Waals surface area (Å²) in [6.07, 6.45) is 1.59. The first kappa shape index (κ1) is 22.3. The molecule has 0 radical (unpaired) electrons. The number of urea groups is 1. The van der Waals surface area contributed by atoms with Crippen molar-refractivity contribution in [3.8, 4) is 0 Å². The highest BCUT2D eigenvalue weighted by molar-refractivity contribution is 5.92. The predicted octanol–water partition coefficient (Wildman–Crippen LogP) is 3.05. The van der Waals surface area contributed by atoms with Gasteiger partial charge in [0.15, 0.2) is 0 Å². The van der Waals surface area contributed by atoms with Crippen LogP contribution in [-0.4, -0.2) is 50.7 Å². The normalized spacial score (nSPS) is 10.7. The zero-order valence-corrected chi connectivity index (χ0v) is 17.7. The van der Waals surface area contributed by atoms with Gasteiger partial charge in [-0.25, -0.2) is 4.79 Å². The van der Waals surface area contributed by atoms with Crippen molar-refractivity contribution < 1.29 is 18.7 Å². The van der Waals surface area contributed by atoms with E-state index in [-0.39, 0.29) is 24.6 Å². The predicted molar refractivity (Wildman–Crippen MR) is 113 cm³/mol. The van der Waals surface area contributed by atoms with Crippen molar-refractivity contribution in [2.24, 2.45) is 0 Å². The molecular formula is C21H30N4O4. The van der Waals surface area contributed by atoms with Crippen molar-refractivity contribution in [1.29, 1.82) is 0 Å². The Kier molecular flexibility index (Phi) is 8.09. The van der Waals surface area contributed by atoms with Gasteiger partial charge in [-0.1, -0.05) is 0 Å². The van der Waals surface area contributed by atoms with Crippen LogP contribution >= 0.6 is 0 Å². The molecule has 0 fully saturated rings. The number of nitrogens with one attached hydrogen (secondary N) is 2. The Morgan fingerprint density at radius 2 is 1.93 bits per heavy atom. The first-order valence-electron chi connectivity index (χ1n) is 9.47. The van der Waals surface area contributed by atoms with E-state index in [4.69, 9.17) is 9.15 Å². The largest absolute Gasteiger partial charge is 0.467 e. The quantitative estimate of drug-likeness (QED) is 0.673. The molecule has 0 aliphatic carbocycles. The molecule has 3 amide bonds. The Labute approximate surface area is 171 Å². The molecule has 0 atom stereocenters. The van der Waals surface area contributed by atoms with E-state index >= 15 is 0 Å². The van der Waals surface area contributed by atoms with Crippen molar-refractivity contribution in [2.75, 3.05) is 38.0 Å². The summed E-state index contributed by atoms with van der Waals surface area (Å²) >= 11 is 0. The lowest BCUT2D eigenvalue weighted by Crippen LogP contribution is -2.42. The average Bonchev–Trinajstić information content (AvgIpc) is 3.14. The number of hydrogen-bond acceptors (Lipinski definition) is 5. The van der Waals surface area contributed by atoms with Crippen LogP contribution in [0.2, 0.25) is 0 Å². The van der Waals surface area contributed by atoms with Crippen molar-refractivity contribution in [3.05, 3.63) is 47.9 Å². The monoisotopic (exact) mass is 402 g/mol. The van der Waals surface area contributed by atoms with Crippen LogP contribution in [0.1, 0.15) is 25.2 Å². The number of carbonyl (C=O) groups excluding carboxylic acids is 2. The number of anilines is 2. The minimum Gasteiger partial charge on any atom is -0.467 e. The molecule has 0 bridgehead atoms. The van der Waals surface area contributed by atoms with Crippen LogP contribution in [0.15, 0.2) is 41.0 Å². The van der Waals surface area contributed by atoms with Crippen LogP contribution in [0.25, 0.3) is 0 Å². The third-order valence-electron chi connectivity index (χ3n) is 4.11.